The molecule has 0 fully saturated rings. The molecular weight excluding hydrogens is 150 g/mol. The molecule has 0 radical (unpaired) electrons. The molecule has 2 heteroatoms. The SMILES string of the molecule is CC.COc1cc(C)c(C)cn1. The second-order valence-electron chi connectivity index (χ2n) is 2.31. The van der Waals surface area contributed by atoms with E-state index in [1.807, 2.05) is 40.0 Å². The number of rotatable bonds is 1. The lowest BCUT2D eigenvalue weighted by Crippen LogP contribution is -1.89. The summed E-state index contributed by atoms with van der Waals surface area (Å²) in [6.07, 6.45) is 1.81. The van der Waals surface area contributed by atoms with Gasteiger partial charge >= 0.3 is 0 Å². The molecule has 0 aromatic carbocycles. The molecule has 1 aromatic heterocycles. The van der Waals surface area contributed by atoms with Crippen LogP contribution in [0.5, 0.6) is 5.88 Å². The van der Waals surface area contributed by atoms with Gasteiger partial charge in [0.25, 0.3) is 0 Å². The minimum Gasteiger partial charge on any atom is -0.481 e. The number of nitrogens with zero attached hydrogens (tertiary/aromatic N) is 1. The van der Waals surface area contributed by atoms with Crippen LogP contribution >= 0.6 is 0 Å². The van der Waals surface area contributed by atoms with Gasteiger partial charge in [0.1, 0.15) is 0 Å². The smallest absolute Gasteiger partial charge is 0.213 e. The van der Waals surface area contributed by atoms with Gasteiger partial charge in [-0.1, -0.05) is 13.8 Å². The summed E-state index contributed by atoms with van der Waals surface area (Å²) in [5.74, 6) is 0.683. The Hall–Kier alpha value is -1.05. The fourth-order valence-electron chi connectivity index (χ4n) is 0.710. The fourth-order valence-corrected chi connectivity index (χ4v) is 0.710. The largest absolute Gasteiger partial charge is 0.481 e. The van der Waals surface area contributed by atoms with Crippen molar-refractivity contribution >= 4 is 0 Å². The van der Waals surface area contributed by atoms with E-state index in [1.165, 1.54) is 11.1 Å². The molecule has 68 valence electrons. The molecule has 0 N–H and O–H groups in total. The molecule has 0 spiro atoms. The summed E-state index contributed by atoms with van der Waals surface area (Å²) in [5.41, 5.74) is 2.41. The lowest BCUT2D eigenvalue weighted by Gasteiger charge is -2.01. The Morgan fingerprint density at radius 2 is 1.75 bits per heavy atom. The topological polar surface area (TPSA) is 22.1 Å². The highest BCUT2D eigenvalue weighted by Crippen LogP contribution is 2.11. The first-order valence-electron chi connectivity index (χ1n) is 4.21. The Labute approximate surface area is 74.6 Å². The van der Waals surface area contributed by atoms with Gasteiger partial charge in [0.05, 0.1) is 7.11 Å². The fraction of sp³-hybridized carbons (Fsp3) is 0.500. The van der Waals surface area contributed by atoms with Gasteiger partial charge in [-0.05, 0) is 25.0 Å². The van der Waals surface area contributed by atoms with Crippen LogP contribution in [0.3, 0.4) is 0 Å². The lowest BCUT2D eigenvalue weighted by molar-refractivity contribution is 0.397. The first-order chi connectivity index (χ1) is 5.74. The highest BCUT2D eigenvalue weighted by molar-refractivity contribution is 5.26. The van der Waals surface area contributed by atoms with E-state index in [-0.39, 0.29) is 0 Å². The Morgan fingerprint density at radius 3 is 2.17 bits per heavy atom. The Morgan fingerprint density at radius 1 is 1.17 bits per heavy atom. The number of pyridine rings is 1. The van der Waals surface area contributed by atoms with E-state index < -0.39 is 0 Å². The average molecular weight is 167 g/mol. The second-order valence-corrected chi connectivity index (χ2v) is 2.31. The molecule has 1 heterocycles. The molecule has 0 atom stereocenters. The highest BCUT2D eigenvalue weighted by atomic mass is 16.5. The van der Waals surface area contributed by atoms with Crippen LogP contribution in [-0.4, -0.2) is 12.1 Å². The monoisotopic (exact) mass is 167 g/mol. The van der Waals surface area contributed by atoms with Crippen molar-refractivity contribution in [2.75, 3.05) is 7.11 Å². The molecule has 2 nitrogen and oxygen atoms in total. The average Bonchev–Trinajstić information content (AvgIpc) is 2.13. The predicted molar refractivity (Wildman–Crippen MR) is 51.6 cm³/mol. The van der Waals surface area contributed by atoms with E-state index in [9.17, 15) is 0 Å². The summed E-state index contributed by atoms with van der Waals surface area (Å²) in [6.45, 7) is 8.07. The molecule has 1 rings (SSSR count). The number of aromatic nitrogens is 1. The molecular formula is C10H17NO. The molecule has 0 aliphatic heterocycles. The second kappa shape index (κ2) is 5.58. The third-order valence-electron chi connectivity index (χ3n) is 1.56. The Balaban J connectivity index is 0.000000561. The van der Waals surface area contributed by atoms with Crippen LogP contribution < -0.4 is 4.74 Å². The van der Waals surface area contributed by atoms with Crippen molar-refractivity contribution < 1.29 is 4.74 Å². The molecule has 0 amide bonds. The molecule has 12 heavy (non-hydrogen) atoms. The van der Waals surface area contributed by atoms with Gasteiger partial charge in [0.2, 0.25) is 5.88 Å². The van der Waals surface area contributed by atoms with Crippen LogP contribution in [0.2, 0.25) is 0 Å². The van der Waals surface area contributed by atoms with Crippen molar-refractivity contribution in [3.8, 4) is 5.88 Å². The molecule has 0 saturated heterocycles. The minimum absolute atomic E-state index is 0.683. The van der Waals surface area contributed by atoms with Crippen LogP contribution in [0.1, 0.15) is 25.0 Å². The number of hydrogen-bond donors (Lipinski definition) is 0. The Bertz CT molecular complexity index is 233. The number of ether oxygens (including phenoxy) is 1. The van der Waals surface area contributed by atoms with Crippen LogP contribution in [0.4, 0.5) is 0 Å². The minimum atomic E-state index is 0.683. The molecule has 1 aromatic rings. The standard InChI is InChI=1S/C8H11NO.C2H6/c1-6-4-8(10-3)9-5-7(6)2;1-2/h4-5H,1-3H3;1-2H3. The van der Waals surface area contributed by atoms with Crippen LogP contribution in [0.15, 0.2) is 12.3 Å². The number of hydrogen-bond acceptors (Lipinski definition) is 2. The van der Waals surface area contributed by atoms with Crippen molar-refractivity contribution in [1.29, 1.82) is 0 Å². The van der Waals surface area contributed by atoms with Crippen LogP contribution in [0.25, 0.3) is 0 Å². The van der Waals surface area contributed by atoms with Crippen molar-refractivity contribution in [2.24, 2.45) is 0 Å². The third-order valence-corrected chi connectivity index (χ3v) is 1.56. The summed E-state index contributed by atoms with van der Waals surface area (Å²) >= 11 is 0. The Kier molecular flexibility index (Phi) is 5.09. The van der Waals surface area contributed by atoms with Gasteiger partial charge in [-0.25, -0.2) is 4.98 Å². The summed E-state index contributed by atoms with van der Waals surface area (Å²) in [7, 11) is 1.62. The maximum atomic E-state index is 4.94. The van der Waals surface area contributed by atoms with Crippen molar-refractivity contribution in [2.45, 2.75) is 27.7 Å². The van der Waals surface area contributed by atoms with E-state index in [0.717, 1.165) is 0 Å². The van der Waals surface area contributed by atoms with E-state index in [0.29, 0.717) is 5.88 Å². The van der Waals surface area contributed by atoms with Crippen molar-refractivity contribution in [3.63, 3.8) is 0 Å². The maximum Gasteiger partial charge on any atom is 0.213 e. The molecule has 0 aliphatic rings. The molecule has 0 bridgehead atoms. The molecule has 0 aliphatic carbocycles. The lowest BCUT2D eigenvalue weighted by atomic mass is 10.2. The maximum absolute atomic E-state index is 4.94. The van der Waals surface area contributed by atoms with E-state index >= 15 is 0 Å². The van der Waals surface area contributed by atoms with Crippen LogP contribution in [-0.2, 0) is 0 Å². The van der Waals surface area contributed by atoms with Gasteiger partial charge in [-0.2, -0.15) is 0 Å². The first kappa shape index (κ1) is 11.0. The quantitative estimate of drug-likeness (QED) is 0.641. The third kappa shape index (κ3) is 2.91. The molecule has 0 saturated carbocycles. The molecule has 0 unspecified atom stereocenters. The summed E-state index contributed by atoms with van der Waals surface area (Å²) in [4.78, 5) is 4.04. The van der Waals surface area contributed by atoms with Crippen molar-refractivity contribution in [3.05, 3.63) is 23.4 Å². The van der Waals surface area contributed by atoms with E-state index in [1.54, 1.807) is 7.11 Å². The van der Waals surface area contributed by atoms with Crippen LogP contribution in [0, 0.1) is 13.8 Å². The van der Waals surface area contributed by atoms with Gasteiger partial charge < -0.3 is 4.74 Å². The number of methoxy groups -OCH3 is 1. The van der Waals surface area contributed by atoms with Gasteiger partial charge in [0.15, 0.2) is 0 Å². The highest BCUT2D eigenvalue weighted by Gasteiger charge is 1.94. The van der Waals surface area contributed by atoms with Crippen molar-refractivity contribution in [1.82, 2.24) is 4.98 Å². The first-order valence-corrected chi connectivity index (χ1v) is 4.21. The van der Waals surface area contributed by atoms with Gasteiger partial charge in [0, 0.05) is 12.3 Å². The summed E-state index contributed by atoms with van der Waals surface area (Å²) in [5, 5.41) is 0. The normalized spacial score (nSPS) is 8.42. The summed E-state index contributed by atoms with van der Waals surface area (Å²) < 4.78 is 4.94. The zero-order chi connectivity index (χ0) is 9.56. The van der Waals surface area contributed by atoms with E-state index in [2.05, 4.69) is 4.98 Å². The zero-order valence-corrected chi connectivity index (χ0v) is 8.51. The van der Waals surface area contributed by atoms with Gasteiger partial charge in [-0.15, -0.1) is 0 Å². The summed E-state index contributed by atoms with van der Waals surface area (Å²) in [6, 6.07) is 1.93. The zero-order valence-electron chi connectivity index (χ0n) is 8.51. The number of aryl methyl sites for hydroxylation is 2. The van der Waals surface area contributed by atoms with E-state index in [4.69, 9.17) is 4.74 Å². The predicted octanol–water partition coefficient (Wildman–Crippen LogP) is 2.73. The van der Waals surface area contributed by atoms with Gasteiger partial charge in [-0.3, -0.25) is 0 Å².